The van der Waals surface area contributed by atoms with Crippen molar-refractivity contribution in [2.24, 2.45) is 11.8 Å². The van der Waals surface area contributed by atoms with E-state index in [4.69, 9.17) is 9.47 Å². The molecule has 3 aliphatic rings. The van der Waals surface area contributed by atoms with Gasteiger partial charge in [-0.2, -0.15) is 5.26 Å². The molecule has 1 spiro atoms. The standard InChI is InChI=1S/C17H17NO2/c18-11-12-3-1-2-4-16(12)13-7-14-9-17(10-15(14)8-13)19-5-6-20-17/h1-4,7,14-15H,5-6,8-10H2. The molecule has 2 unspecified atom stereocenters. The highest BCUT2D eigenvalue weighted by atomic mass is 16.7. The van der Waals surface area contributed by atoms with Gasteiger partial charge in [-0.3, -0.25) is 0 Å². The van der Waals surface area contributed by atoms with Crippen molar-refractivity contribution in [3.63, 3.8) is 0 Å². The molecule has 2 atom stereocenters. The first kappa shape index (κ1) is 12.1. The van der Waals surface area contributed by atoms with Gasteiger partial charge in [0.2, 0.25) is 0 Å². The van der Waals surface area contributed by atoms with Gasteiger partial charge in [0, 0.05) is 12.8 Å². The highest BCUT2D eigenvalue weighted by Crippen LogP contribution is 2.52. The Morgan fingerprint density at radius 1 is 1.15 bits per heavy atom. The van der Waals surface area contributed by atoms with Crippen LogP contribution in [-0.4, -0.2) is 19.0 Å². The van der Waals surface area contributed by atoms with Crippen LogP contribution in [0.2, 0.25) is 0 Å². The van der Waals surface area contributed by atoms with Crippen LogP contribution in [0.1, 0.15) is 30.4 Å². The summed E-state index contributed by atoms with van der Waals surface area (Å²) in [5.41, 5.74) is 3.21. The topological polar surface area (TPSA) is 42.2 Å². The predicted molar refractivity (Wildman–Crippen MR) is 74.6 cm³/mol. The summed E-state index contributed by atoms with van der Waals surface area (Å²) in [7, 11) is 0. The third kappa shape index (κ3) is 1.80. The Morgan fingerprint density at radius 2 is 1.95 bits per heavy atom. The molecule has 2 fully saturated rings. The molecule has 1 saturated heterocycles. The van der Waals surface area contributed by atoms with E-state index in [1.807, 2.05) is 18.2 Å². The Balaban J connectivity index is 1.61. The second-order valence-electron chi connectivity index (χ2n) is 5.99. The normalized spacial score (nSPS) is 30.2. The monoisotopic (exact) mass is 267 g/mol. The van der Waals surface area contributed by atoms with Crippen molar-refractivity contribution in [2.45, 2.75) is 25.0 Å². The second kappa shape index (κ2) is 4.44. The van der Waals surface area contributed by atoms with Gasteiger partial charge in [-0.05, 0) is 35.5 Å². The number of allylic oxidation sites excluding steroid dienone is 2. The SMILES string of the molecule is N#Cc1ccccc1C1=CC2CC3(CC2C1)OCCO3. The number of hydrogen-bond acceptors (Lipinski definition) is 3. The Morgan fingerprint density at radius 3 is 2.70 bits per heavy atom. The van der Waals surface area contributed by atoms with Crippen molar-refractivity contribution in [2.75, 3.05) is 13.2 Å². The van der Waals surface area contributed by atoms with E-state index in [0.717, 1.165) is 43.6 Å². The summed E-state index contributed by atoms with van der Waals surface area (Å²) in [6.07, 6.45) is 5.35. The molecule has 3 nitrogen and oxygen atoms in total. The van der Waals surface area contributed by atoms with Gasteiger partial charge in [-0.1, -0.05) is 24.3 Å². The van der Waals surface area contributed by atoms with Crippen LogP contribution in [0.15, 0.2) is 30.3 Å². The maximum absolute atomic E-state index is 9.23. The Hall–Kier alpha value is -1.63. The lowest BCUT2D eigenvalue weighted by atomic mass is 9.95. The average molecular weight is 267 g/mol. The molecule has 1 saturated carbocycles. The van der Waals surface area contributed by atoms with Gasteiger partial charge >= 0.3 is 0 Å². The van der Waals surface area contributed by atoms with Crippen LogP contribution < -0.4 is 0 Å². The molecule has 0 N–H and O–H groups in total. The van der Waals surface area contributed by atoms with E-state index in [1.54, 1.807) is 0 Å². The van der Waals surface area contributed by atoms with E-state index in [9.17, 15) is 5.26 Å². The van der Waals surface area contributed by atoms with Crippen molar-refractivity contribution < 1.29 is 9.47 Å². The summed E-state index contributed by atoms with van der Waals surface area (Å²) in [5, 5.41) is 9.23. The first-order valence-corrected chi connectivity index (χ1v) is 7.28. The number of hydrogen-bond donors (Lipinski definition) is 0. The van der Waals surface area contributed by atoms with Crippen LogP contribution in [0.4, 0.5) is 0 Å². The van der Waals surface area contributed by atoms with E-state index < -0.39 is 0 Å². The maximum atomic E-state index is 9.23. The largest absolute Gasteiger partial charge is 0.348 e. The fraction of sp³-hybridized carbons (Fsp3) is 0.471. The fourth-order valence-electron chi connectivity index (χ4n) is 3.98. The third-order valence-electron chi connectivity index (χ3n) is 4.83. The summed E-state index contributed by atoms with van der Waals surface area (Å²) >= 11 is 0. The molecule has 0 radical (unpaired) electrons. The lowest BCUT2D eigenvalue weighted by molar-refractivity contribution is -0.153. The molecule has 4 rings (SSSR count). The van der Waals surface area contributed by atoms with Crippen LogP contribution in [0.25, 0.3) is 5.57 Å². The highest BCUT2D eigenvalue weighted by Gasteiger charge is 2.50. The molecule has 3 heteroatoms. The first-order valence-electron chi connectivity index (χ1n) is 7.28. The highest BCUT2D eigenvalue weighted by molar-refractivity contribution is 5.72. The zero-order valence-electron chi connectivity index (χ0n) is 11.3. The quantitative estimate of drug-likeness (QED) is 0.785. The van der Waals surface area contributed by atoms with Crippen molar-refractivity contribution in [3.05, 3.63) is 41.5 Å². The maximum Gasteiger partial charge on any atom is 0.169 e. The zero-order chi connectivity index (χ0) is 13.6. The van der Waals surface area contributed by atoms with Crippen LogP contribution in [-0.2, 0) is 9.47 Å². The molecule has 0 aromatic heterocycles. The number of rotatable bonds is 1. The molecule has 2 aliphatic carbocycles. The smallest absolute Gasteiger partial charge is 0.169 e. The van der Waals surface area contributed by atoms with E-state index in [1.165, 1.54) is 5.57 Å². The lowest BCUT2D eigenvalue weighted by Crippen LogP contribution is -2.26. The molecule has 0 bridgehead atoms. The second-order valence-corrected chi connectivity index (χ2v) is 5.99. The molecular weight excluding hydrogens is 250 g/mol. The molecular formula is C17H17NO2. The summed E-state index contributed by atoms with van der Waals surface area (Å²) in [6.45, 7) is 1.46. The molecule has 1 aromatic rings. The minimum absolute atomic E-state index is 0.299. The zero-order valence-corrected chi connectivity index (χ0v) is 11.3. The molecule has 0 amide bonds. The minimum Gasteiger partial charge on any atom is -0.348 e. The van der Waals surface area contributed by atoms with Gasteiger partial charge < -0.3 is 9.47 Å². The minimum atomic E-state index is -0.299. The molecule has 1 aromatic carbocycles. The number of ether oxygens (including phenoxy) is 2. The van der Waals surface area contributed by atoms with Gasteiger partial charge in [-0.25, -0.2) is 0 Å². The Kier molecular flexibility index (Phi) is 2.70. The van der Waals surface area contributed by atoms with Crippen LogP contribution in [0.3, 0.4) is 0 Å². The van der Waals surface area contributed by atoms with Gasteiger partial charge in [0.15, 0.2) is 5.79 Å². The Labute approximate surface area is 118 Å². The van der Waals surface area contributed by atoms with E-state index in [0.29, 0.717) is 11.8 Å². The molecule has 1 aliphatic heterocycles. The predicted octanol–water partition coefficient (Wildman–Crippen LogP) is 3.11. The van der Waals surface area contributed by atoms with Crippen molar-refractivity contribution in [1.82, 2.24) is 0 Å². The lowest BCUT2D eigenvalue weighted by Gasteiger charge is -2.22. The average Bonchev–Trinajstić information content (AvgIpc) is 3.15. The summed E-state index contributed by atoms with van der Waals surface area (Å²) in [5.74, 6) is 0.844. The van der Waals surface area contributed by atoms with E-state index in [2.05, 4.69) is 18.2 Å². The van der Waals surface area contributed by atoms with Gasteiger partial charge in [0.05, 0.1) is 24.8 Å². The molecule has 20 heavy (non-hydrogen) atoms. The van der Waals surface area contributed by atoms with Gasteiger partial charge in [-0.15, -0.1) is 0 Å². The number of nitrogens with zero attached hydrogens (tertiary/aromatic N) is 1. The van der Waals surface area contributed by atoms with Crippen LogP contribution in [0.5, 0.6) is 0 Å². The fourth-order valence-corrected chi connectivity index (χ4v) is 3.98. The van der Waals surface area contributed by atoms with Crippen molar-refractivity contribution in [1.29, 1.82) is 5.26 Å². The molecule has 1 heterocycles. The van der Waals surface area contributed by atoms with Crippen LogP contribution >= 0.6 is 0 Å². The van der Waals surface area contributed by atoms with Gasteiger partial charge in [0.25, 0.3) is 0 Å². The summed E-state index contributed by atoms with van der Waals surface area (Å²) in [6, 6.07) is 10.2. The van der Waals surface area contributed by atoms with Crippen molar-refractivity contribution >= 4 is 5.57 Å². The van der Waals surface area contributed by atoms with Crippen LogP contribution in [0, 0.1) is 23.2 Å². The Bertz CT molecular complexity index is 608. The van der Waals surface area contributed by atoms with E-state index in [-0.39, 0.29) is 5.79 Å². The molecule has 102 valence electrons. The number of benzene rings is 1. The first-order chi connectivity index (χ1) is 9.80. The third-order valence-corrected chi connectivity index (χ3v) is 4.83. The number of fused-ring (bicyclic) bond motifs is 1. The number of nitriles is 1. The van der Waals surface area contributed by atoms with E-state index >= 15 is 0 Å². The van der Waals surface area contributed by atoms with Crippen molar-refractivity contribution in [3.8, 4) is 6.07 Å². The summed E-state index contributed by atoms with van der Waals surface area (Å²) in [4.78, 5) is 0. The summed E-state index contributed by atoms with van der Waals surface area (Å²) < 4.78 is 11.6. The van der Waals surface area contributed by atoms with Gasteiger partial charge in [0.1, 0.15) is 0 Å².